The molecular weight excluding hydrogens is 184 g/mol. The number of ketones is 1. The van der Waals surface area contributed by atoms with Gasteiger partial charge >= 0.3 is 0 Å². The van der Waals surface area contributed by atoms with E-state index in [2.05, 4.69) is 26.5 Å². The Hall–Kier alpha value is -0.850. The summed E-state index contributed by atoms with van der Waals surface area (Å²) in [5.41, 5.74) is 2.41. The van der Waals surface area contributed by atoms with Gasteiger partial charge in [0.15, 0.2) is 5.78 Å². The molecule has 84 valence electrons. The summed E-state index contributed by atoms with van der Waals surface area (Å²) in [6.07, 6.45) is 5.67. The molecule has 1 atom stereocenters. The first-order valence-electron chi connectivity index (χ1n) is 5.71. The first-order valence-corrected chi connectivity index (χ1v) is 5.71. The second-order valence-electron chi connectivity index (χ2n) is 5.38. The van der Waals surface area contributed by atoms with Gasteiger partial charge in [0, 0.05) is 5.92 Å². The Kier molecular flexibility index (Phi) is 3.54. The molecule has 1 heteroatoms. The SMILES string of the molecule is C=C1CCCC(C)(C)C1/C=C(\C)C(C)=O. The second kappa shape index (κ2) is 4.34. The molecule has 0 aromatic heterocycles. The van der Waals surface area contributed by atoms with Crippen LogP contribution in [0, 0.1) is 11.3 Å². The predicted molar refractivity (Wildman–Crippen MR) is 64.7 cm³/mol. The summed E-state index contributed by atoms with van der Waals surface area (Å²) in [5.74, 6) is 0.541. The van der Waals surface area contributed by atoms with Gasteiger partial charge in [0.25, 0.3) is 0 Å². The van der Waals surface area contributed by atoms with Crippen molar-refractivity contribution in [2.24, 2.45) is 11.3 Å². The summed E-state index contributed by atoms with van der Waals surface area (Å²) in [6, 6.07) is 0. The zero-order valence-corrected chi connectivity index (χ0v) is 10.4. The first-order chi connectivity index (χ1) is 6.84. The Balaban J connectivity index is 2.94. The molecular formula is C14H22O. The highest BCUT2D eigenvalue weighted by Gasteiger charge is 2.33. The number of carbonyl (C=O) groups is 1. The van der Waals surface area contributed by atoms with Crippen molar-refractivity contribution in [3.8, 4) is 0 Å². The van der Waals surface area contributed by atoms with Crippen molar-refractivity contribution in [3.05, 3.63) is 23.8 Å². The lowest BCUT2D eigenvalue weighted by atomic mass is 9.66. The highest BCUT2D eigenvalue weighted by atomic mass is 16.1. The zero-order valence-electron chi connectivity index (χ0n) is 10.4. The molecule has 1 saturated carbocycles. The maximum atomic E-state index is 11.2. The third-order valence-corrected chi connectivity index (χ3v) is 3.57. The van der Waals surface area contributed by atoms with Crippen LogP contribution in [0.3, 0.4) is 0 Å². The Morgan fingerprint density at radius 1 is 1.47 bits per heavy atom. The van der Waals surface area contributed by atoms with E-state index in [1.165, 1.54) is 18.4 Å². The Morgan fingerprint density at radius 2 is 2.07 bits per heavy atom. The average molecular weight is 206 g/mol. The van der Waals surface area contributed by atoms with E-state index in [1.54, 1.807) is 6.92 Å². The third kappa shape index (κ3) is 2.80. The van der Waals surface area contributed by atoms with Gasteiger partial charge in [0.05, 0.1) is 0 Å². The quantitative estimate of drug-likeness (QED) is 0.494. The fourth-order valence-corrected chi connectivity index (χ4v) is 2.35. The van der Waals surface area contributed by atoms with E-state index in [1.807, 2.05) is 6.92 Å². The van der Waals surface area contributed by atoms with Gasteiger partial charge < -0.3 is 0 Å². The minimum absolute atomic E-state index is 0.171. The van der Waals surface area contributed by atoms with Gasteiger partial charge in [-0.2, -0.15) is 0 Å². The Labute approximate surface area is 93.3 Å². The number of carbonyl (C=O) groups excluding carboxylic acids is 1. The molecule has 0 aromatic carbocycles. The van der Waals surface area contributed by atoms with Crippen molar-refractivity contribution in [1.29, 1.82) is 0 Å². The van der Waals surface area contributed by atoms with Gasteiger partial charge in [-0.1, -0.05) is 32.1 Å². The fraction of sp³-hybridized carbons (Fsp3) is 0.643. The van der Waals surface area contributed by atoms with Crippen molar-refractivity contribution in [2.45, 2.75) is 47.0 Å². The lowest BCUT2D eigenvalue weighted by Gasteiger charge is -2.38. The lowest BCUT2D eigenvalue weighted by Crippen LogP contribution is -2.28. The Bertz CT molecular complexity index is 307. The van der Waals surface area contributed by atoms with E-state index in [4.69, 9.17) is 0 Å². The van der Waals surface area contributed by atoms with E-state index in [0.29, 0.717) is 5.92 Å². The number of hydrogen-bond donors (Lipinski definition) is 0. The summed E-state index contributed by atoms with van der Waals surface area (Å²) in [6.45, 7) is 12.2. The summed E-state index contributed by atoms with van der Waals surface area (Å²) in [7, 11) is 0. The van der Waals surface area contributed by atoms with Crippen LogP contribution in [0.15, 0.2) is 23.8 Å². The van der Waals surface area contributed by atoms with Gasteiger partial charge in [-0.3, -0.25) is 4.79 Å². The molecule has 1 unspecified atom stereocenters. The molecule has 0 aromatic rings. The van der Waals surface area contributed by atoms with Gasteiger partial charge in [0.1, 0.15) is 0 Å². The van der Waals surface area contributed by atoms with Crippen LogP contribution < -0.4 is 0 Å². The zero-order chi connectivity index (χ0) is 11.6. The monoisotopic (exact) mass is 206 g/mol. The van der Waals surface area contributed by atoms with Crippen LogP contribution in [0.4, 0.5) is 0 Å². The molecule has 0 bridgehead atoms. The molecule has 1 nitrogen and oxygen atoms in total. The van der Waals surface area contributed by atoms with E-state index in [-0.39, 0.29) is 11.2 Å². The highest BCUT2D eigenvalue weighted by molar-refractivity contribution is 5.92. The number of rotatable bonds is 2. The Morgan fingerprint density at radius 3 is 2.53 bits per heavy atom. The number of allylic oxidation sites excluding steroid dienone is 3. The predicted octanol–water partition coefficient (Wildman–Crippen LogP) is 3.90. The van der Waals surface area contributed by atoms with Crippen molar-refractivity contribution in [1.82, 2.24) is 0 Å². The standard InChI is InChI=1S/C14H22O/c1-10-7-6-8-14(4,5)13(10)9-11(2)12(3)15/h9,13H,1,6-8H2,2-5H3/b11-9+. The molecule has 0 spiro atoms. The fourth-order valence-electron chi connectivity index (χ4n) is 2.35. The van der Waals surface area contributed by atoms with E-state index >= 15 is 0 Å². The largest absolute Gasteiger partial charge is 0.295 e. The molecule has 0 N–H and O–H groups in total. The third-order valence-electron chi connectivity index (χ3n) is 3.57. The molecule has 0 saturated heterocycles. The molecule has 0 amide bonds. The van der Waals surface area contributed by atoms with Crippen molar-refractivity contribution in [3.63, 3.8) is 0 Å². The second-order valence-corrected chi connectivity index (χ2v) is 5.38. The normalized spacial score (nSPS) is 26.5. The number of hydrogen-bond acceptors (Lipinski definition) is 1. The van der Waals surface area contributed by atoms with E-state index in [9.17, 15) is 4.79 Å². The van der Waals surface area contributed by atoms with E-state index in [0.717, 1.165) is 12.0 Å². The van der Waals surface area contributed by atoms with Crippen LogP contribution in [0.25, 0.3) is 0 Å². The molecule has 1 fully saturated rings. The van der Waals surface area contributed by atoms with E-state index < -0.39 is 0 Å². The molecule has 0 radical (unpaired) electrons. The van der Waals surface area contributed by atoms with Crippen molar-refractivity contribution >= 4 is 5.78 Å². The van der Waals surface area contributed by atoms with Gasteiger partial charge in [0.2, 0.25) is 0 Å². The van der Waals surface area contributed by atoms with Crippen LogP contribution in [0.5, 0.6) is 0 Å². The number of Topliss-reactive ketones (excluding diaryl/α,β-unsaturated/α-hetero) is 1. The maximum absolute atomic E-state index is 11.2. The van der Waals surface area contributed by atoms with Gasteiger partial charge in [-0.15, -0.1) is 0 Å². The summed E-state index contributed by atoms with van der Waals surface area (Å²) >= 11 is 0. The summed E-state index contributed by atoms with van der Waals surface area (Å²) < 4.78 is 0. The van der Waals surface area contributed by atoms with Crippen LogP contribution in [0.2, 0.25) is 0 Å². The highest BCUT2D eigenvalue weighted by Crippen LogP contribution is 2.44. The van der Waals surface area contributed by atoms with Gasteiger partial charge in [-0.25, -0.2) is 0 Å². The summed E-state index contributed by atoms with van der Waals surface area (Å²) in [4.78, 5) is 11.2. The summed E-state index contributed by atoms with van der Waals surface area (Å²) in [5, 5.41) is 0. The molecule has 1 aliphatic carbocycles. The first kappa shape index (κ1) is 12.2. The van der Waals surface area contributed by atoms with Crippen molar-refractivity contribution < 1.29 is 4.79 Å². The lowest BCUT2D eigenvalue weighted by molar-refractivity contribution is -0.113. The minimum atomic E-state index is 0.171. The van der Waals surface area contributed by atoms with Gasteiger partial charge in [-0.05, 0) is 44.1 Å². The maximum Gasteiger partial charge on any atom is 0.155 e. The topological polar surface area (TPSA) is 17.1 Å². The molecule has 0 aliphatic heterocycles. The average Bonchev–Trinajstić information content (AvgIpc) is 2.10. The molecule has 15 heavy (non-hydrogen) atoms. The van der Waals surface area contributed by atoms with Crippen LogP contribution in [-0.2, 0) is 4.79 Å². The smallest absolute Gasteiger partial charge is 0.155 e. The molecule has 1 aliphatic rings. The molecule has 0 heterocycles. The minimum Gasteiger partial charge on any atom is -0.295 e. The van der Waals surface area contributed by atoms with Crippen molar-refractivity contribution in [2.75, 3.05) is 0 Å². The molecule has 1 rings (SSSR count). The van der Waals surface area contributed by atoms with Crippen LogP contribution in [-0.4, -0.2) is 5.78 Å². The van der Waals surface area contributed by atoms with Crippen LogP contribution >= 0.6 is 0 Å². The van der Waals surface area contributed by atoms with Crippen LogP contribution in [0.1, 0.15) is 47.0 Å².